The molecule has 6 saturated carbocycles. The van der Waals surface area contributed by atoms with Crippen LogP contribution in [-0.2, 0) is 9.47 Å². The molecule has 0 radical (unpaired) electrons. The molecule has 0 bridgehead atoms. The number of ether oxygens (including phenoxy) is 2. The molecule has 13 atom stereocenters. The molecule has 5 unspecified atom stereocenters. The van der Waals surface area contributed by atoms with Crippen LogP contribution in [0.15, 0.2) is 0 Å². The number of hydrogen-bond acceptors (Lipinski definition) is 5. The highest BCUT2D eigenvalue weighted by atomic mass is 16.7. The fourth-order valence-electron chi connectivity index (χ4n) is 11.2. The Morgan fingerprint density at radius 2 is 1.71 bits per heavy atom. The van der Waals surface area contributed by atoms with E-state index in [9.17, 15) is 15.3 Å². The van der Waals surface area contributed by atoms with Gasteiger partial charge in [0.1, 0.15) is 0 Å². The maximum Gasteiger partial charge on any atom is 0.157 e. The van der Waals surface area contributed by atoms with Crippen molar-refractivity contribution in [1.29, 1.82) is 0 Å². The van der Waals surface area contributed by atoms with Gasteiger partial charge < -0.3 is 24.8 Å². The fourth-order valence-corrected chi connectivity index (χ4v) is 11.2. The molecule has 192 valence electrons. The third-order valence-electron chi connectivity index (χ3n) is 12.9. The summed E-state index contributed by atoms with van der Waals surface area (Å²) >= 11 is 0. The van der Waals surface area contributed by atoms with E-state index in [1.54, 1.807) is 0 Å². The number of hydrogen-bond donors (Lipinski definition) is 3. The number of rotatable bonds is 5. The molecule has 0 spiro atoms. The first-order chi connectivity index (χ1) is 16.2. The second kappa shape index (κ2) is 7.43. The summed E-state index contributed by atoms with van der Waals surface area (Å²) in [5.41, 5.74) is -1.32. The first-order valence-electron chi connectivity index (χ1n) is 14.6. The van der Waals surface area contributed by atoms with Crippen molar-refractivity contribution in [2.24, 2.45) is 52.3 Å². The fraction of sp³-hybridized carbons (Fsp3) is 1.00. The van der Waals surface area contributed by atoms with E-state index >= 15 is 0 Å². The van der Waals surface area contributed by atoms with E-state index < -0.39 is 11.2 Å². The van der Waals surface area contributed by atoms with Gasteiger partial charge in [-0.15, -0.1) is 0 Å². The van der Waals surface area contributed by atoms with Crippen LogP contribution in [0, 0.1) is 52.3 Å². The van der Waals surface area contributed by atoms with Crippen LogP contribution >= 0.6 is 0 Å². The maximum absolute atomic E-state index is 12.3. The van der Waals surface area contributed by atoms with E-state index in [1.165, 1.54) is 12.8 Å². The van der Waals surface area contributed by atoms with Crippen molar-refractivity contribution in [1.82, 2.24) is 0 Å². The minimum Gasteiger partial charge on any atom is -0.393 e. The summed E-state index contributed by atoms with van der Waals surface area (Å²) in [5, 5.41) is 34.7. The lowest BCUT2D eigenvalue weighted by atomic mass is 9.42. The van der Waals surface area contributed by atoms with Gasteiger partial charge in [-0.25, -0.2) is 0 Å². The minimum absolute atomic E-state index is 0.00375. The first kappa shape index (κ1) is 23.0. The molecule has 7 aliphatic rings. The van der Waals surface area contributed by atoms with E-state index in [-0.39, 0.29) is 23.2 Å². The van der Waals surface area contributed by atoms with Gasteiger partial charge in [0.05, 0.1) is 17.3 Å². The van der Waals surface area contributed by atoms with Crippen LogP contribution in [0.1, 0.15) is 90.9 Å². The third kappa shape index (κ3) is 2.85. The molecule has 3 N–H and O–H groups in total. The summed E-state index contributed by atoms with van der Waals surface area (Å²) in [6.45, 7) is 6.30. The Morgan fingerprint density at radius 3 is 2.50 bits per heavy atom. The van der Waals surface area contributed by atoms with Crippen LogP contribution in [0.2, 0.25) is 0 Å². The van der Waals surface area contributed by atoms with Crippen LogP contribution in [0.4, 0.5) is 0 Å². The van der Waals surface area contributed by atoms with Crippen molar-refractivity contribution in [3.63, 3.8) is 0 Å². The lowest BCUT2D eigenvalue weighted by Gasteiger charge is -2.64. The van der Waals surface area contributed by atoms with Gasteiger partial charge >= 0.3 is 0 Å². The summed E-state index contributed by atoms with van der Waals surface area (Å²) < 4.78 is 11.8. The molecule has 34 heavy (non-hydrogen) atoms. The zero-order valence-corrected chi connectivity index (χ0v) is 21.3. The average Bonchev–Trinajstić information content (AvgIpc) is 3.72. The zero-order valence-electron chi connectivity index (χ0n) is 21.3. The average molecular weight is 475 g/mol. The van der Waals surface area contributed by atoms with E-state index in [4.69, 9.17) is 9.47 Å². The summed E-state index contributed by atoms with van der Waals surface area (Å²) in [7, 11) is 0. The van der Waals surface area contributed by atoms with Gasteiger partial charge in [-0.2, -0.15) is 0 Å². The second-order valence-electron chi connectivity index (χ2n) is 14.1. The molecule has 7 rings (SSSR count). The highest BCUT2D eigenvalue weighted by molar-refractivity contribution is 5.29. The van der Waals surface area contributed by atoms with Gasteiger partial charge in [-0.3, -0.25) is 0 Å². The number of fused-ring (bicyclic) bond motifs is 10. The molecule has 1 aliphatic heterocycles. The van der Waals surface area contributed by atoms with E-state index in [0.717, 1.165) is 64.4 Å². The van der Waals surface area contributed by atoms with Gasteiger partial charge in [-0.05, 0) is 123 Å². The molecule has 6 aliphatic carbocycles. The highest BCUT2D eigenvalue weighted by Crippen LogP contribution is 2.82. The van der Waals surface area contributed by atoms with Crippen molar-refractivity contribution in [2.45, 2.75) is 114 Å². The first-order valence-corrected chi connectivity index (χ1v) is 14.6. The molecule has 0 aromatic rings. The molecular formula is C29H46O5. The summed E-state index contributed by atoms with van der Waals surface area (Å²) in [5.74, 6) is 3.91. The largest absolute Gasteiger partial charge is 0.393 e. The highest BCUT2D eigenvalue weighted by Gasteiger charge is 2.81. The molecule has 5 heteroatoms. The monoisotopic (exact) mass is 474 g/mol. The van der Waals surface area contributed by atoms with Crippen LogP contribution < -0.4 is 0 Å². The molecule has 1 saturated heterocycles. The van der Waals surface area contributed by atoms with Crippen LogP contribution in [0.5, 0.6) is 0 Å². The van der Waals surface area contributed by atoms with Gasteiger partial charge in [0.2, 0.25) is 0 Å². The van der Waals surface area contributed by atoms with E-state index in [0.29, 0.717) is 54.5 Å². The quantitative estimate of drug-likeness (QED) is 0.519. The summed E-state index contributed by atoms with van der Waals surface area (Å²) in [4.78, 5) is 0. The SMILES string of the molecule is C[C@]12CCC3C(C1C1C[C@@H]1[C@@]2(O)CCCOC1CCCCO1)[C@H]1C[C@H]1[C@]1(O)C[C@@H](O)CC[C@]31C. The summed E-state index contributed by atoms with van der Waals surface area (Å²) in [6.07, 6.45) is 11.6. The topological polar surface area (TPSA) is 79.2 Å². The third-order valence-corrected chi connectivity index (χ3v) is 12.9. The Kier molecular flexibility index (Phi) is 5.02. The predicted octanol–water partition coefficient (Wildman–Crippen LogP) is 4.27. The van der Waals surface area contributed by atoms with Crippen molar-refractivity contribution in [3.05, 3.63) is 0 Å². The molecule has 0 amide bonds. The second-order valence-corrected chi connectivity index (χ2v) is 14.1. The van der Waals surface area contributed by atoms with Gasteiger partial charge in [0.15, 0.2) is 6.29 Å². The lowest BCUT2D eigenvalue weighted by molar-refractivity contribution is -0.238. The van der Waals surface area contributed by atoms with Crippen LogP contribution in [0.3, 0.4) is 0 Å². The molecule has 0 aromatic heterocycles. The van der Waals surface area contributed by atoms with Crippen molar-refractivity contribution in [3.8, 4) is 0 Å². The zero-order chi connectivity index (χ0) is 23.5. The number of aliphatic hydroxyl groups excluding tert-OH is 1. The Morgan fingerprint density at radius 1 is 0.912 bits per heavy atom. The van der Waals surface area contributed by atoms with Crippen molar-refractivity contribution < 1.29 is 24.8 Å². The molecule has 7 fully saturated rings. The standard InChI is InChI=1S/C29H46O5/c1-26-10-7-17(30)16-29(26,32)21-14-18(21)24-20(26)8-11-27(2)25(24)19-15-22(19)28(27,31)9-5-13-34-23-6-3-4-12-33-23/h17-25,30-32H,3-16H2,1-2H3/t17-,18-,19?,20?,21+,22-,23?,24?,25?,26+,27-,28-,29+/m0/s1. The smallest absolute Gasteiger partial charge is 0.157 e. The Balaban J connectivity index is 1.10. The Bertz CT molecular complexity index is 827. The van der Waals surface area contributed by atoms with Gasteiger partial charge in [0, 0.05) is 19.6 Å². The Hall–Kier alpha value is -0.200. The molecular weight excluding hydrogens is 428 g/mol. The van der Waals surface area contributed by atoms with Crippen molar-refractivity contribution >= 4 is 0 Å². The molecule has 0 aromatic carbocycles. The summed E-state index contributed by atoms with van der Waals surface area (Å²) in [6, 6.07) is 0. The predicted molar refractivity (Wildman–Crippen MR) is 128 cm³/mol. The normalized spacial score (nSPS) is 61.5. The van der Waals surface area contributed by atoms with Crippen LogP contribution in [-0.4, -0.2) is 52.1 Å². The van der Waals surface area contributed by atoms with E-state index in [1.807, 2.05) is 0 Å². The van der Waals surface area contributed by atoms with Crippen LogP contribution in [0.25, 0.3) is 0 Å². The molecule has 5 nitrogen and oxygen atoms in total. The van der Waals surface area contributed by atoms with Crippen molar-refractivity contribution in [2.75, 3.05) is 13.2 Å². The van der Waals surface area contributed by atoms with Gasteiger partial charge in [-0.1, -0.05) is 13.8 Å². The maximum atomic E-state index is 12.3. The van der Waals surface area contributed by atoms with Gasteiger partial charge in [0.25, 0.3) is 0 Å². The minimum atomic E-state index is -0.680. The number of aliphatic hydroxyl groups is 3. The lowest BCUT2D eigenvalue weighted by Crippen LogP contribution is -2.65. The van der Waals surface area contributed by atoms with E-state index in [2.05, 4.69) is 13.8 Å². The Labute approximate surface area is 205 Å². The molecule has 1 heterocycles.